The summed E-state index contributed by atoms with van der Waals surface area (Å²) >= 11 is 0. The lowest BCUT2D eigenvalue weighted by molar-refractivity contribution is -0.308. The lowest BCUT2D eigenvalue weighted by Gasteiger charge is -2.69. The van der Waals surface area contributed by atoms with E-state index in [1.54, 1.807) is 32.9 Å². The monoisotopic (exact) mass is 561 g/mol. The second kappa shape index (κ2) is 10.2. The molecule has 1 aromatic rings. The minimum absolute atomic E-state index is 0.0223. The van der Waals surface area contributed by atoms with Crippen LogP contribution in [0.15, 0.2) is 18.2 Å². The van der Waals surface area contributed by atoms with Gasteiger partial charge in [0.1, 0.15) is 17.8 Å². The van der Waals surface area contributed by atoms with Gasteiger partial charge in [-0.15, -0.1) is 0 Å². The molecule has 4 rings (SSSR count). The predicted molar refractivity (Wildman–Crippen MR) is 144 cm³/mol. The first-order chi connectivity index (χ1) is 18.5. The molecule has 40 heavy (non-hydrogen) atoms. The molecule has 7 N–H and O–H groups in total. The van der Waals surface area contributed by atoms with Gasteiger partial charge in [0.15, 0.2) is 17.2 Å². The molecule has 0 aromatic heterocycles. The van der Waals surface area contributed by atoms with E-state index in [2.05, 4.69) is 0 Å². The number of amides is 1. The molecule has 2 unspecified atom stereocenters. The lowest BCUT2D eigenvalue weighted by Crippen LogP contribution is -2.84. The standard InChI is InChI=1S/C30H43NO9/c1-13(2)10-11-40-12-16-15-8-7-9-17(32)18(15)22(33)21-25(36)30(39)24(35)19(26(31)37)23(34)20(14(3)4)29(30,6)27(38)28(16,21)5/h7-9,13-14,16,19-21,23,25,27,32,34,36,38-39H,10-12H2,1-6H3,(H2,31,37)/t16-,19-,20+,21-,23?,25?,27-,28+,29+,30+/m1/s1. The largest absolute Gasteiger partial charge is 0.507 e. The van der Waals surface area contributed by atoms with Gasteiger partial charge >= 0.3 is 0 Å². The van der Waals surface area contributed by atoms with E-state index >= 15 is 0 Å². The second-order valence-corrected chi connectivity index (χ2v) is 13.2. The number of aliphatic hydroxyl groups excluding tert-OH is 3. The Hall–Kier alpha value is -2.37. The number of ketones is 2. The molecule has 0 heterocycles. The smallest absolute Gasteiger partial charge is 0.230 e. The number of fused-ring (bicyclic) bond motifs is 3. The zero-order chi connectivity index (χ0) is 30.1. The van der Waals surface area contributed by atoms with Crippen molar-refractivity contribution in [2.45, 2.75) is 77.8 Å². The van der Waals surface area contributed by atoms with Gasteiger partial charge in [-0.3, -0.25) is 14.4 Å². The minimum Gasteiger partial charge on any atom is -0.507 e. The Kier molecular flexibility index (Phi) is 7.77. The molecule has 10 atom stereocenters. The normalized spacial score (nSPS) is 41.0. The number of nitrogens with two attached hydrogens (primary N) is 1. The van der Waals surface area contributed by atoms with Gasteiger partial charge in [0.2, 0.25) is 5.91 Å². The quantitative estimate of drug-likeness (QED) is 0.210. The van der Waals surface area contributed by atoms with Crippen molar-refractivity contribution in [2.75, 3.05) is 13.2 Å². The van der Waals surface area contributed by atoms with E-state index in [4.69, 9.17) is 10.5 Å². The number of carbonyl (C=O) groups excluding carboxylic acids is 3. The third kappa shape index (κ3) is 3.83. The van der Waals surface area contributed by atoms with Crippen molar-refractivity contribution in [2.24, 2.45) is 46.2 Å². The first-order valence-electron chi connectivity index (χ1n) is 14.0. The summed E-state index contributed by atoms with van der Waals surface area (Å²) in [6.45, 7) is 11.0. The van der Waals surface area contributed by atoms with Gasteiger partial charge in [0, 0.05) is 23.4 Å². The molecule has 0 spiro atoms. The van der Waals surface area contributed by atoms with Crippen LogP contribution < -0.4 is 5.73 Å². The van der Waals surface area contributed by atoms with E-state index < -0.39 is 81.8 Å². The number of ether oxygens (including phenoxy) is 1. The average molecular weight is 562 g/mol. The van der Waals surface area contributed by atoms with Crippen LogP contribution in [0.2, 0.25) is 0 Å². The molecular weight excluding hydrogens is 518 g/mol. The summed E-state index contributed by atoms with van der Waals surface area (Å²) in [6.07, 6.45) is -4.62. The average Bonchev–Trinajstić information content (AvgIpc) is 2.84. The molecule has 10 nitrogen and oxygen atoms in total. The van der Waals surface area contributed by atoms with Crippen molar-refractivity contribution >= 4 is 17.5 Å². The molecule has 0 radical (unpaired) electrons. The number of aliphatic hydroxyl groups is 4. The summed E-state index contributed by atoms with van der Waals surface area (Å²) in [5.74, 6) is -8.84. The van der Waals surface area contributed by atoms with Crippen molar-refractivity contribution in [3.8, 4) is 5.75 Å². The van der Waals surface area contributed by atoms with Crippen molar-refractivity contribution in [3.05, 3.63) is 29.3 Å². The maximum atomic E-state index is 14.1. The summed E-state index contributed by atoms with van der Waals surface area (Å²) in [7, 11) is 0. The van der Waals surface area contributed by atoms with E-state index in [9.17, 15) is 39.9 Å². The molecule has 10 heteroatoms. The topological polar surface area (TPSA) is 188 Å². The number of primary amides is 1. The highest BCUT2D eigenvalue weighted by molar-refractivity contribution is 6.09. The van der Waals surface area contributed by atoms with Crippen molar-refractivity contribution < 1.29 is 44.7 Å². The first kappa shape index (κ1) is 30.6. The zero-order valence-electron chi connectivity index (χ0n) is 24.0. The number of benzene rings is 1. The van der Waals surface area contributed by atoms with Crippen LogP contribution in [0.1, 0.15) is 69.8 Å². The van der Waals surface area contributed by atoms with Gasteiger partial charge < -0.3 is 36.0 Å². The summed E-state index contributed by atoms with van der Waals surface area (Å²) < 4.78 is 6.05. The Morgan fingerprint density at radius 3 is 2.27 bits per heavy atom. The summed E-state index contributed by atoms with van der Waals surface area (Å²) in [6, 6.07) is 4.58. The Morgan fingerprint density at radius 1 is 1.10 bits per heavy atom. The number of carbonyl (C=O) groups is 3. The summed E-state index contributed by atoms with van der Waals surface area (Å²) in [5, 5.41) is 58.7. The molecule has 0 aliphatic heterocycles. The van der Waals surface area contributed by atoms with E-state index in [0.717, 1.165) is 6.42 Å². The van der Waals surface area contributed by atoms with Gasteiger partial charge in [-0.25, -0.2) is 0 Å². The fourth-order valence-electron chi connectivity index (χ4n) is 8.34. The Labute approximate surface area is 234 Å². The van der Waals surface area contributed by atoms with Crippen LogP contribution in [0.3, 0.4) is 0 Å². The molecule has 222 valence electrons. The number of hydrogen-bond donors (Lipinski definition) is 6. The molecule has 1 amide bonds. The number of hydrogen-bond acceptors (Lipinski definition) is 9. The molecule has 3 aliphatic carbocycles. The van der Waals surface area contributed by atoms with Crippen molar-refractivity contribution in [3.63, 3.8) is 0 Å². The minimum atomic E-state index is -2.81. The lowest BCUT2D eigenvalue weighted by atomic mass is 9.36. The van der Waals surface area contributed by atoms with Crippen LogP contribution in [0.25, 0.3) is 0 Å². The Bertz CT molecular complexity index is 1200. The molecule has 2 fully saturated rings. The van der Waals surface area contributed by atoms with Gasteiger partial charge in [0.25, 0.3) is 0 Å². The maximum absolute atomic E-state index is 14.1. The summed E-state index contributed by atoms with van der Waals surface area (Å²) in [4.78, 5) is 40.3. The highest BCUT2D eigenvalue weighted by Crippen LogP contribution is 2.68. The SMILES string of the molecule is CC(C)CCOC[C@@H]1c2cccc(O)c2C(=O)[C@@H]2C(O)[C@@]3(O)C(=O)[C@H](C(N)=O)C(O)[C@H](C(C)C)[C@@]3(C)[C@H](O)[C@@]12C. The van der Waals surface area contributed by atoms with E-state index in [1.165, 1.54) is 13.0 Å². The zero-order valence-corrected chi connectivity index (χ0v) is 24.0. The number of aromatic hydroxyl groups is 1. The van der Waals surface area contributed by atoms with E-state index in [1.807, 2.05) is 13.8 Å². The van der Waals surface area contributed by atoms with Gasteiger partial charge in [0.05, 0.1) is 30.3 Å². The molecular formula is C30H43NO9. The molecule has 3 aliphatic rings. The van der Waals surface area contributed by atoms with Crippen LogP contribution in [-0.4, -0.2) is 80.1 Å². The van der Waals surface area contributed by atoms with Gasteiger partial charge in [-0.1, -0.05) is 53.7 Å². The Morgan fingerprint density at radius 2 is 1.73 bits per heavy atom. The molecule has 0 saturated heterocycles. The van der Waals surface area contributed by atoms with Crippen molar-refractivity contribution in [1.82, 2.24) is 0 Å². The fourth-order valence-corrected chi connectivity index (χ4v) is 8.34. The van der Waals surface area contributed by atoms with Crippen LogP contribution in [0.5, 0.6) is 5.75 Å². The summed E-state index contributed by atoms with van der Waals surface area (Å²) in [5.41, 5.74) is -0.377. The third-order valence-corrected chi connectivity index (χ3v) is 10.3. The van der Waals surface area contributed by atoms with Crippen LogP contribution in [0, 0.1) is 40.4 Å². The maximum Gasteiger partial charge on any atom is 0.230 e. The van der Waals surface area contributed by atoms with Crippen molar-refractivity contribution in [1.29, 1.82) is 0 Å². The Balaban J connectivity index is 1.98. The van der Waals surface area contributed by atoms with Gasteiger partial charge in [-0.2, -0.15) is 0 Å². The van der Waals surface area contributed by atoms with E-state index in [0.29, 0.717) is 18.1 Å². The highest BCUT2D eigenvalue weighted by Gasteiger charge is 2.80. The van der Waals surface area contributed by atoms with E-state index in [-0.39, 0.29) is 17.9 Å². The predicted octanol–water partition coefficient (Wildman–Crippen LogP) is 1.15. The number of phenolic OH excluding ortho intramolecular Hbond substituents is 1. The number of rotatable bonds is 7. The van der Waals surface area contributed by atoms with Crippen LogP contribution in [0.4, 0.5) is 0 Å². The second-order valence-electron chi connectivity index (χ2n) is 13.2. The highest BCUT2D eigenvalue weighted by atomic mass is 16.5. The molecule has 2 saturated carbocycles. The number of phenols is 1. The third-order valence-electron chi connectivity index (χ3n) is 10.3. The molecule has 1 aromatic carbocycles. The van der Waals surface area contributed by atoms with Gasteiger partial charge in [-0.05, 0) is 35.8 Å². The number of Topliss-reactive ketones (excluding diaryl/α,β-unsaturated/α-hetero) is 2. The van der Waals surface area contributed by atoms with Crippen LogP contribution >= 0.6 is 0 Å². The molecule has 0 bridgehead atoms. The van der Waals surface area contributed by atoms with Crippen LogP contribution in [-0.2, 0) is 14.3 Å². The fraction of sp³-hybridized carbons (Fsp3) is 0.700. The first-order valence-corrected chi connectivity index (χ1v) is 14.0.